The molecule has 0 bridgehead atoms. The highest BCUT2D eigenvalue weighted by molar-refractivity contribution is 5.98. The van der Waals surface area contributed by atoms with E-state index in [2.05, 4.69) is 4.74 Å². The molecule has 0 amide bonds. The van der Waals surface area contributed by atoms with Gasteiger partial charge < -0.3 is 9.84 Å². The summed E-state index contributed by atoms with van der Waals surface area (Å²) in [5.41, 5.74) is 0. The summed E-state index contributed by atoms with van der Waals surface area (Å²) in [6.07, 6.45) is 0.317. The van der Waals surface area contributed by atoms with Crippen molar-refractivity contribution in [3.05, 3.63) is 0 Å². The lowest BCUT2D eigenvalue weighted by molar-refractivity contribution is -0.147. The van der Waals surface area contributed by atoms with Crippen LogP contribution in [0.2, 0.25) is 0 Å². The van der Waals surface area contributed by atoms with Crippen LogP contribution < -0.4 is 0 Å². The molecule has 0 spiro atoms. The third-order valence-corrected chi connectivity index (χ3v) is 1.38. The number of aliphatic carboxylic acids is 1. The summed E-state index contributed by atoms with van der Waals surface area (Å²) >= 11 is 0. The molecule has 0 aromatic heterocycles. The second kappa shape index (κ2) is 4.85. The Kier molecular flexibility index (Phi) is 4.45. The minimum absolute atomic E-state index is 0.120. The Balaban J connectivity index is 4.03. The van der Waals surface area contributed by atoms with E-state index < -0.39 is 11.9 Å². The summed E-state index contributed by atoms with van der Waals surface area (Å²) < 4.78 is 4.52. The largest absolute Gasteiger partial charge is 0.481 e. The maximum absolute atomic E-state index is 10.9. The van der Waals surface area contributed by atoms with Crippen LogP contribution in [0.5, 0.6) is 0 Å². The standard InChI is InChI=1S/C7H12O4/c1-3-5(7(9)10)6(8)4-11-2/h5H,3-4H2,1-2H3,(H,9,10). The van der Waals surface area contributed by atoms with E-state index in [4.69, 9.17) is 5.11 Å². The molecule has 4 nitrogen and oxygen atoms in total. The predicted molar refractivity (Wildman–Crippen MR) is 38.3 cm³/mol. The first-order chi connectivity index (χ1) is 5.13. The zero-order valence-corrected chi connectivity index (χ0v) is 6.66. The average Bonchev–Trinajstić information content (AvgIpc) is 1.88. The Hall–Kier alpha value is -0.900. The molecule has 1 unspecified atom stereocenters. The second-order valence-electron chi connectivity index (χ2n) is 2.20. The molecule has 0 aromatic rings. The van der Waals surface area contributed by atoms with Gasteiger partial charge >= 0.3 is 5.97 Å². The summed E-state index contributed by atoms with van der Waals surface area (Å²) in [6.45, 7) is 1.54. The minimum Gasteiger partial charge on any atom is -0.481 e. The molecule has 64 valence electrons. The Labute approximate surface area is 65.2 Å². The topological polar surface area (TPSA) is 63.6 Å². The Bertz CT molecular complexity index is 153. The maximum Gasteiger partial charge on any atom is 0.314 e. The van der Waals surface area contributed by atoms with Crippen molar-refractivity contribution in [2.24, 2.45) is 5.92 Å². The smallest absolute Gasteiger partial charge is 0.314 e. The van der Waals surface area contributed by atoms with Crippen molar-refractivity contribution in [1.29, 1.82) is 0 Å². The molecule has 11 heavy (non-hydrogen) atoms. The first kappa shape index (κ1) is 10.1. The third-order valence-electron chi connectivity index (χ3n) is 1.38. The number of hydrogen-bond acceptors (Lipinski definition) is 3. The predicted octanol–water partition coefficient (Wildman–Crippen LogP) is 0.313. The van der Waals surface area contributed by atoms with Gasteiger partial charge in [-0.25, -0.2) is 0 Å². The zero-order chi connectivity index (χ0) is 8.85. The fourth-order valence-electron chi connectivity index (χ4n) is 0.783. The van der Waals surface area contributed by atoms with Gasteiger partial charge in [-0.05, 0) is 6.42 Å². The van der Waals surface area contributed by atoms with Gasteiger partial charge in [-0.15, -0.1) is 0 Å². The van der Waals surface area contributed by atoms with Crippen molar-refractivity contribution in [3.8, 4) is 0 Å². The minimum atomic E-state index is -1.07. The molecule has 0 aromatic carbocycles. The molecule has 0 aliphatic heterocycles. The van der Waals surface area contributed by atoms with Crippen molar-refractivity contribution >= 4 is 11.8 Å². The van der Waals surface area contributed by atoms with Crippen LogP contribution in [0.25, 0.3) is 0 Å². The molecule has 1 atom stereocenters. The Morgan fingerprint density at radius 2 is 2.09 bits per heavy atom. The summed E-state index contributed by atoms with van der Waals surface area (Å²) in [4.78, 5) is 21.3. The molecule has 0 aliphatic rings. The number of carboxylic acids is 1. The molecule has 0 radical (unpaired) electrons. The number of methoxy groups -OCH3 is 1. The molecule has 0 saturated heterocycles. The highest BCUT2D eigenvalue weighted by Gasteiger charge is 2.23. The van der Waals surface area contributed by atoms with Crippen LogP contribution in [0.4, 0.5) is 0 Å². The molecule has 4 heteroatoms. The molecule has 0 saturated carbocycles. The Morgan fingerprint density at radius 3 is 2.36 bits per heavy atom. The van der Waals surface area contributed by atoms with Gasteiger partial charge in [-0.2, -0.15) is 0 Å². The summed E-state index contributed by atoms with van der Waals surface area (Å²) in [5.74, 6) is -2.35. The summed E-state index contributed by atoms with van der Waals surface area (Å²) in [6, 6.07) is 0. The van der Waals surface area contributed by atoms with Gasteiger partial charge in [-0.3, -0.25) is 9.59 Å². The maximum atomic E-state index is 10.9. The van der Waals surface area contributed by atoms with Crippen LogP contribution >= 0.6 is 0 Å². The highest BCUT2D eigenvalue weighted by Crippen LogP contribution is 2.03. The van der Waals surface area contributed by atoms with Crippen LogP contribution in [-0.2, 0) is 14.3 Å². The number of ketones is 1. The van der Waals surface area contributed by atoms with Gasteiger partial charge in [0, 0.05) is 7.11 Å². The van der Waals surface area contributed by atoms with Crippen molar-refractivity contribution in [1.82, 2.24) is 0 Å². The van der Waals surface area contributed by atoms with Crippen LogP contribution in [0.15, 0.2) is 0 Å². The number of hydrogen-bond donors (Lipinski definition) is 1. The summed E-state index contributed by atoms with van der Waals surface area (Å²) in [7, 11) is 1.37. The molecule has 0 rings (SSSR count). The van der Waals surface area contributed by atoms with E-state index in [1.54, 1.807) is 6.92 Å². The molecular weight excluding hydrogens is 148 g/mol. The SMILES string of the molecule is CCC(C(=O)O)C(=O)COC. The van der Waals surface area contributed by atoms with E-state index in [0.717, 1.165) is 0 Å². The van der Waals surface area contributed by atoms with Gasteiger partial charge in [0.2, 0.25) is 0 Å². The van der Waals surface area contributed by atoms with E-state index >= 15 is 0 Å². The quantitative estimate of drug-likeness (QED) is 0.588. The number of ether oxygens (including phenoxy) is 1. The van der Waals surface area contributed by atoms with Crippen molar-refractivity contribution in [2.45, 2.75) is 13.3 Å². The molecule has 0 fully saturated rings. The number of Topliss-reactive ketones (excluding diaryl/α,β-unsaturated/α-hetero) is 1. The number of carbonyl (C=O) groups is 2. The average molecular weight is 160 g/mol. The number of carboxylic acid groups (broad SMARTS) is 1. The van der Waals surface area contributed by atoms with Crippen LogP contribution in [0.1, 0.15) is 13.3 Å². The van der Waals surface area contributed by atoms with Gasteiger partial charge in [0.1, 0.15) is 12.5 Å². The van der Waals surface area contributed by atoms with E-state index in [0.29, 0.717) is 6.42 Å². The fraction of sp³-hybridized carbons (Fsp3) is 0.714. The Morgan fingerprint density at radius 1 is 1.55 bits per heavy atom. The lowest BCUT2D eigenvalue weighted by Gasteiger charge is -2.06. The fourth-order valence-corrected chi connectivity index (χ4v) is 0.783. The van der Waals surface area contributed by atoms with E-state index in [-0.39, 0.29) is 12.4 Å². The monoisotopic (exact) mass is 160 g/mol. The molecule has 0 heterocycles. The second-order valence-corrected chi connectivity index (χ2v) is 2.20. The van der Waals surface area contributed by atoms with E-state index in [1.807, 2.05) is 0 Å². The third kappa shape index (κ3) is 3.13. The van der Waals surface area contributed by atoms with Gasteiger partial charge in [0.15, 0.2) is 5.78 Å². The first-order valence-electron chi connectivity index (χ1n) is 3.38. The van der Waals surface area contributed by atoms with Crippen LogP contribution in [0.3, 0.4) is 0 Å². The van der Waals surface area contributed by atoms with Gasteiger partial charge in [0.05, 0.1) is 0 Å². The van der Waals surface area contributed by atoms with Gasteiger partial charge in [-0.1, -0.05) is 6.92 Å². The van der Waals surface area contributed by atoms with Crippen LogP contribution in [-0.4, -0.2) is 30.6 Å². The zero-order valence-electron chi connectivity index (χ0n) is 6.66. The highest BCUT2D eigenvalue weighted by atomic mass is 16.5. The van der Waals surface area contributed by atoms with E-state index in [9.17, 15) is 9.59 Å². The van der Waals surface area contributed by atoms with Gasteiger partial charge in [0.25, 0.3) is 0 Å². The normalized spacial score (nSPS) is 12.5. The molecular formula is C7H12O4. The number of rotatable bonds is 5. The van der Waals surface area contributed by atoms with E-state index in [1.165, 1.54) is 7.11 Å². The van der Waals surface area contributed by atoms with Crippen molar-refractivity contribution in [2.75, 3.05) is 13.7 Å². The molecule has 1 N–H and O–H groups in total. The first-order valence-corrected chi connectivity index (χ1v) is 3.38. The van der Waals surface area contributed by atoms with Crippen molar-refractivity contribution < 1.29 is 19.4 Å². The lowest BCUT2D eigenvalue weighted by atomic mass is 10.0. The lowest BCUT2D eigenvalue weighted by Crippen LogP contribution is -2.26. The van der Waals surface area contributed by atoms with Crippen molar-refractivity contribution in [3.63, 3.8) is 0 Å². The van der Waals surface area contributed by atoms with Crippen LogP contribution in [0, 0.1) is 5.92 Å². The molecule has 0 aliphatic carbocycles. The number of carbonyl (C=O) groups excluding carboxylic acids is 1. The summed E-state index contributed by atoms with van der Waals surface area (Å²) in [5, 5.41) is 8.49.